The predicted molar refractivity (Wildman–Crippen MR) is 110 cm³/mol. The molecule has 28 heavy (non-hydrogen) atoms. The van der Waals surface area contributed by atoms with Gasteiger partial charge in [-0.3, -0.25) is 4.79 Å². The van der Waals surface area contributed by atoms with E-state index in [1.165, 1.54) is 16.0 Å². The standard InChI is InChI=1S/C21H33N3O3S/c1-17(2)19-6-4-18(5-7-19)14-23-9-11-24(12-10-23)15-20(25)22-21(3)8-13-28(26,27)16-21/h4-7,17H,8-16H2,1-3H3,(H,22,25)/p+2/t21-/m1/s1. The smallest absolute Gasteiger partial charge is 0.275 e. The van der Waals surface area contributed by atoms with Gasteiger partial charge in [0.1, 0.15) is 32.7 Å². The highest BCUT2D eigenvalue weighted by Gasteiger charge is 2.40. The Bertz CT molecular complexity index is 784. The number of nitrogens with one attached hydrogen (secondary N) is 3. The summed E-state index contributed by atoms with van der Waals surface area (Å²) in [4.78, 5) is 15.3. The molecule has 6 nitrogen and oxygen atoms in total. The molecular weight excluding hydrogens is 374 g/mol. The number of quaternary nitrogens is 2. The van der Waals surface area contributed by atoms with Gasteiger partial charge in [-0.2, -0.15) is 0 Å². The summed E-state index contributed by atoms with van der Waals surface area (Å²) >= 11 is 0. The van der Waals surface area contributed by atoms with E-state index in [-0.39, 0.29) is 17.4 Å². The highest BCUT2D eigenvalue weighted by molar-refractivity contribution is 7.91. The third-order valence-corrected chi connectivity index (χ3v) is 8.02. The first kappa shape index (κ1) is 21.3. The summed E-state index contributed by atoms with van der Waals surface area (Å²) in [5.74, 6) is 0.777. The monoisotopic (exact) mass is 409 g/mol. The van der Waals surface area contributed by atoms with E-state index in [1.807, 2.05) is 6.92 Å². The van der Waals surface area contributed by atoms with Gasteiger partial charge in [0.05, 0.1) is 17.0 Å². The lowest BCUT2D eigenvalue weighted by molar-refractivity contribution is -1.02. The molecule has 0 bridgehead atoms. The maximum atomic E-state index is 12.4. The van der Waals surface area contributed by atoms with Crippen LogP contribution in [0.25, 0.3) is 0 Å². The minimum absolute atomic E-state index is 0.0256. The summed E-state index contributed by atoms with van der Waals surface area (Å²) in [5.41, 5.74) is 2.16. The van der Waals surface area contributed by atoms with Crippen molar-refractivity contribution in [2.75, 3.05) is 44.2 Å². The second-order valence-electron chi connectivity index (χ2n) is 9.20. The summed E-state index contributed by atoms with van der Waals surface area (Å²) < 4.78 is 23.4. The summed E-state index contributed by atoms with van der Waals surface area (Å²) in [5, 5.41) is 2.98. The van der Waals surface area contributed by atoms with E-state index in [1.54, 1.807) is 4.90 Å². The first-order valence-electron chi connectivity index (χ1n) is 10.4. The van der Waals surface area contributed by atoms with E-state index in [2.05, 4.69) is 43.4 Å². The molecular formula is C21H35N3O3S+2. The Kier molecular flexibility index (Phi) is 6.47. The van der Waals surface area contributed by atoms with E-state index >= 15 is 0 Å². The third-order valence-electron chi connectivity index (χ3n) is 6.12. The van der Waals surface area contributed by atoms with E-state index in [9.17, 15) is 13.2 Å². The number of sulfone groups is 1. The molecule has 0 saturated carbocycles. The number of carbonyl (C=O) groups is 1. The summed E-state index contributed by atoms with van der Waals surface area (Å²) in [6.07, 6.45) is 0.518. The first-order chi connectivity index (χ1) is 13.1. The molecule has 1 aromatic carbocycles. The number of hydrogen-bond acceptors (Lipinski definition) is 3. The average molecular weight is 410 g/mol. The molecule has 2 saturated heterocycles. The predicted octanol–water partition coefficient (Wildman–Crippen LogP) is -1.21. The quantitative estimate of drug-likeness (QED) is 0.552. The van der Waals surface area contributed by atoms with Crippen LogP contribution in [-0.2, 0) is 21.2 Å². The van der Waals surface area contributed by atoms with Crippen molar-refractivity contribution in [1.82, 2.24) is 5.32 Å². The van der Waals surface area contributed by atoms with Crippen LogP contribution in [0.1, 0.15) is 44.2 Å². The lowest BCUT2D eigenvalue weighted by Crippen LogP contribution is -3.28. The van der Waals surface area contributed by atoms with Crippen molar-refractivity contribution in [2.45, 2.75) is 45.2 Å². The van der Waals surface area contributed by atoms with E-state index in [0.717, 1.165) is 32.7 Å². The molecule has 1 aromatic rings. The number of piperazine rings is 1. The minimum atomic E-state index is -3.00. The molecule has 1 atom stereocenters. The van der Waals surface area contributed by atoms with Crippen LogP contribution < -0.4 is 15.1 Å². The van der Waals surface area contributed by atoms with Gasteiger partial charge in [-0.15, -0.1) is 0 Å². The van der Waals surface area contributed by atoms with Crippen molar-refractivity contribution in [3.8, 4) is 0 Å². The zero-order valence-corrected chi connectivity index (χ0v) is 18.2. The third kappa shape index (κ3) is 5.78. The van der Waals surface area contributed by atoms with Crippen LogP contribution in [0.2, 0.25) is 0 Å². The maximum Gasteiger partial charge on any atom is 0.275 e. The number of benzene rings is 1. The lowest BCUT2D eigenvalue weighted by Gasteiger charge is -2.30. The minimum Gasteiger partial charge on any atom is -0.345 e. The van der Waals surface area contributed by atoms with Gasteiger partial charge in [0.25, 0.3) is 5.91 Å². The second-order valence-corrected chi connectivity index (χ2v) is 11.4. The van der Waals surface area contributed by atoms with Crippen LogP contribution in [0.5, 0.6) is 0 Å². The van der Waals surface area contributed by atoms with Gasteiger partial charge < -0.3 is 15.1 Å². The maximum absolute atomic E-state index is 12.4. The van der Waals surface area contributed by atoms with Crippen LogP contribution in [0, 0.1) is 0 Å². The van der Waals surface area contributed by atoms with Crippen LogP contribution in [0.4, 0.5) is 0 Å². The van der Waals surface area contributed by atoms with Gasteiger partial charge in [-0.25, -0.2) is 8.42 Å². The Labute approximate surface area is 169 Å². The molecule has 3 N–H and O–H groups in total. The molecule has 7 heteroatoms. The van der Waals surface area contributed by atoms with Gasteiger partial charge in [0.15, 0.2) is 16.4 Å². The van der Waals surface area contributed by atoms with Crippen molar-refractivity contribution in [1.29, 1.82) is 0 Å². The Morgan fingerprint density at radius 2 is 1.71 bits per heavy atom. The summed E-state index contributed by atoms with van der Waals surface area (Å²) in [6, 6.07) is 8.95. The van der Waals surface area contributed by atoms with Crippen LogP contribution in [0.3, 0.4) is 0 Å². The van der Waals surface area contributed by atoms with Crippen molar-refractivity contribution < 1.29 is 23.0 Å². The van der Waals surface area contributed by atoms with Crippen molar-refractivity contribution in [3.63, 3.8) is 0 Å². The highest BCUT2D eigenvalue weighted by atomic mass is 32.2. The molecule has 2 aliphatic rings. The molecule has 0 aromatic heterocycles. The topological polar surface area (TPSA) is 72.1 Å². The van der Waals surface area contributed by atoms with Crippen molar-refractivity contribution >= 4 is 15.7 Å². The average Bonchev–Trinajstić information content (AvgIpc) is 2.89. The fourth-order valence-corrected chi connectivity index (χ4v) is 6.43. The molecule has 0 radical (unpaired) electrons. The number of rotatable bonds is 6. The Hall–Kier alpha value is -1.44. The Morgan fingerprint density at radius 1 is 1.11 bits per heavy atom. The molecule has 1 amide bonds. The van der Waals surface area contributed by atoms with Crippen molar-refractivity contribution in [3.05, 3.63) is 35.4 Å². The SMILES string of the molecule is CC(C)c1ccc(C[NH+]2CC[NH+](CC(=O)N[C@]3(C)CCS(=O)(=O)C3)CC2)cc1. The normalized spacial score (nSPS) is 29.7. The second kappa shape index (κ2) is 8.51. The van der Waals surface area contributed by atoms with Gasteiger partial charge in [0, 0.05) is 5.56 Å². The fourth-order valence-electron chi connectivity index (χ4n) is 4.34. The number of hydrogen-bond donors (Lipinski definition) is 3. The fraction of sp³-hybridized carbons (Fsp3) is 0.667. The molecule has 2 heterocycles. The molecule has 0 aliphatic carbocycles. The van der Waals surface area contributed by atoms with Crippen molar-refractivity contribution in [2.24, 2.45) is 0 Å². The van der Waals surface area contributed by atoms with Crippen LogP contribution in [0.15, 0.2) is 24.3 Å². The van der Waals surface area contributed by atoms with E-state index in [0.29, 0.717) is 18.9 Å². The van der Waals surface area contributed by atoms with E-state index in [4.69, 9.17) is 0 Å². The van der Waals surface area contributed by atoms with Gasteiger partial charge in [-0.05, 0) is 24.8 Å². The van der Waals surface area contributed by atoms with Gasteiger partial charge >= 0.3 is 0 Å². The van der Waals surface area contributed by atoms with Gasteiger partial charge in [-0.1, -0.05) is 38.1 Å². The molecule has 156 valence electrons. The number of carbonyl (C=O) groups excluding carboxylic acids is 1. The Balaban J connectivity index is 1.42. The molecule has 2 aliphatic heterocycles. The molecule has 0 unspecified atom stereocenters. The molecule has 0 spiro atoms. The lowest BCUT2D eigenvalue weighted by atomic mass is 10.0. The van der Waals surface area contributed by atoms with Crippen LogP contribution in [-0.4, -0.2) is 64.1 Å². The van der Waals surface area contributed by atoms with E-state index < -0.39 is 15.4 Å². The van der Waals surface area contributed by atoms with Gasteiger partial charge in [0.2, 0.25) is 0 Å². The molecule has 2 fully saturated rings. The Morgan fingerprint density at radius 3 is 2.25 bits per heavy atom. The highest BCUT2D eigenvalue weighted by Crippen LogP contribution is 2.22. The zero-order chi connectivity index (χ0) is 20.4. The zero-order valence-electron chi connectivity index (χ0n) is 17.4. The summed E-state index contributed by atoms with van der Waals surface area (Å²) in [6.45, 7) is 11.8. The first-order valence-corrected chi connectivity index (χ1v) is 12.2. The van der Waals surface area contributed by atoms with Crippen LogP contribution >= 0.6 is 0 Å². The number of amides is 1. The summed E-state index contributed by atoms with van der Waals surface area (Å²) in [7, 11) is -3.00. The molecule has 3 rings (SSSR count). The largest absolute Gasteiger partial charge is 0.345 e.